The lowest BCUT2D eigenvalue weighted by Gasteiger charge is -2.05. The molecule has 0 heterocycles. The van der Waals surface area contributed by atoms with Gasteiger partial charge in [-0.1, -0.05) is 27.7 Å². The SMILES string of the molecule is CC(C)CSCCC(=O)C(C)C. The molecule has 0 rings (SSSR count). The van der Waals surface area contributed by atoms with Gasteiger partial charge < -0.3 is 0 Å². The molecule has 0 aromatic carbocycles. The molecule has 2 heteroatoms. The van der Waals surface area contributed by atoms with E-state index in [4.69, 9.17) is 0 Å². The first kappa shape index (κ1) is 12.0. The van der Waals surface area contributed by atoms with E-state index in [0.29, 0.717) is 5.78 Å². The second-order valence-corrected chi connectivity index (χ2v) is 4.99. The van der Waals surface area contributed by atoms with Crippen LogP contribution in [-0.2, 0) is 4.79 Å². The normalized spacial score (nSPS) is 11.2. The molecule has 0 aromatic rings. The van der Waals surface area contributed by atoms with Crippen LogP contribution in [-0.4, -0.2) is 17.3 Å². The van der Waals surface area contributed by atoms with Gasteiger partial charge >= 0.3 is 0 Å². The highest BCUT2D eigenvalue weighted by atomic mass is 32.2. The summed E-state index contributed by atoms with van der Waals surface area (Å²) in [4.78, 5) is 11.2. The zero-order valence-electron chi connectivity index (χ0n) is 8.59. The number of ketones is 1. The van der Waals surface area contributed by atoms with Crippen molar-refractivity contribution >= 4 is 17.5 Å². The zero-order valence-corrected chi connectivity index (χ0v) is 9.41. The van der Waals surface area contributed by atoms with Gasteiger partial charge in [-0.3, -0.25) is 4.79 Å². The van der Waals surface area contributed by atoms with Crippen LogP contribution in [0.3, 0.4) is 0 Å². The first-order valence-corrected chi connectivity index (χ1v) is 5.80. The smallest absolute Gasteiger partial charge is 0.136 e. The van der Waals surface area contributed by atoms with Crippen molar-refractivity contribution in [2.24, 2.45) is 11.8 Å². The molecule has 0 radical (unpaired) electrons. The molecule has 0 aromatic heterocycles. The lowest BCUT2D eigenvalue weighted by Crippen LogP contribution is -2.08. The summed E-state index contributed by atoms with van der Waals surface area (Å²) in [5.41, 5.74) is 0. The van der Waals surface area contributed by atoms with E-state index < -0.39 is 0 Å². The summed E-state index contributed by atoms with van der Waals surface area (Å²) in [6.07, 6.45) is 0.745. The molecule has 0 atom stereocenters. The summed E-state index contributed by atoms with van der Waals surface area (Å²) < 4.78 is 0. The molecular weight excluding hydrogens is 168 g/mol. The Balaban J connectivity index is 3.26. The molecule has 1 nitrogen and oxygen atoms in total. The minimum atomic E-state index is 0.213. The molecule has 0 fully saturated rings. The van der Waals surface area contributed by atoms with Gasteiger partial charge in [-0.15, -0.1) is 0 Å². The molecule has 0 saturated heterocycles. The first-order valence-electron chi connectivity index (χ1n) is 4.64. The lowest BCUT2D eigenvalue weighted by molar-refractivity contribution is -0.121. The highest BCUT2D eigenvalue weighted by Crippen LogP contribution is 2.10. The zero-order chi connectivity index (χ0) is 9.56. The van der Waals surface area contributed by atoms with Gasteiger partial charge in [0.15, 0.2) is 0 Å². The Morgan fingerprint density at radius 2 is 1.83 bits per heavy atom. The average Bonchev–Trinajstić information content (AvgIpc) is 1.97. The minimum absolute atomic E-state index is 0.213. The fraction of sp³-hybridized carbons (Fsp3) is 0.900. The predicted octanol–water partition coefficient (Wildman–Crippen LogP) is 2.99. The van der Waals surface area contributed by atoms with Gasteiger partial charge in [-0.05, 0) is 11.7 Å². The van der Waals surface area contributed by atoms with E-state index in [0.717, 1.165) is 18.1 Å². The van der Waals surface area contributed by atoms with Crippen LogP contribution in [0.1, 0.15) is 34.1 Å². The molecule has 12 heavy (non-hydrogen) atoms. The highest BCUT2D eigenvalue weighted by Gasteiger charge is 2.06. The summed E-state index contributed by atoms with van der Waals surface area (Å²) in [6, 6.07) is 0. The van der Waals surface area contributed by atoms with Gasteiger partial charge in [-0.2, -0.15) is 11.8 Å². The molecule has 72 valence electrons. The maximum atomic E-state index is 11.2. The number of carbonyl (C=O) groups excluding carboxylic acids is 1. The monoisotopic (exact) mass is 188 g/mol. The third kappa shape index (κ3) is 6.71. The second kappa shape index (κ2) is 6.53. The Kier molecular flexibility index (Phi) is 6.54. The third-order valence-corrected chi connectivity index (χ3v) is 2.98. The Bertz CT molecular complexity index is 130. The quantitative estimate of drug-likeness (QED) is 0.596. The molecule has 0 spiro atoms. The molecule has 0 aliphatic rings. The average molecular weight is 188 g/mol. The van der Waals surface area contributed by atoms with E-state index in [9.17, 15) is 4.79 Å². The fourth-order valence-corrected chi connectivity index (χ4v) is 1.76. The van der Waals surface area contributed by atoms with E-state index in [1.54, 1.807) is 0 Å². The number of carbonyl (C=O) groups is 1. The van der Waals surface area contributed by atoms with E-state index in [1.165, 1.54) is 5.75 Å². The topological polar surface area (TPSA) is 17.1 Å². The molecule has 0 N–H and O–H groups in total. The Morgan fingerprint density at radius 3 is 2.25 bits per heavy atom. The largest absolute Gasteiger partial charge is 0.299 e. The van der Waals surface area contributed by atoms with Gasteiger partial charge in [0.1, 0.15) is 5.78 Å². The van der Waals surface area contributed by atoms with Crippen LogP contribution in [0.25, 0.3) is 0 Å². The van der Waals surface area contributed by atoms with Gasteiger partial charge in [0.05, 0.1) is 0 Å². The number of hydrogen-bond acceptors (Lipinski definition) is 2. The van der Waals surface area contributed by atoms with Crippen molar-refractivity contribution in [1.82, 2.24) is 0 Å². The molecule has 0 aliphatic carbocycles. The Morgan fingerprint density at radius 1 is 1.25 bits per heavy atom. The van der Waals surface area contributed by atoms with Crippen LogP contribution in [0, 0.1) is 11.8 Å². The van der Waals surface area contributed by atoms with Crippen molar-refractivity contribution < 1.29 is 4.79 Å². The Hall–Kier alpha value is 0.0200. The van der Waals surface area contributed by atoms with Gasteiger partial charge in [0.2, 0.25) is 0 Å². The van der Waals surface area contributed by atoms with E-state index in [2.05, 4.69) is 13.8 Å². The second-order valence-electron chi connectivity index (χ2n) is 3.84. The summed E-state index contributed by atoms with van der Waals surface area (Å²) >= 11 is 1.89. The third-order valence-electron chi connectivity index (χ3n) is 1.59. The van der Waals surface area contributed by atoms with Crippen molar-refractivity contribution in [1.29, 1.82) is 0 Å². The fourth-order valence-electron chi connectivity index (χ4n) is 0.780. The lowest BCUT2D eigenvalue weighted by atomic mass is 10.1. The van der Waals surface area contributed by atoms with E-state index >= 15 is 0 Å². The van der Waals surface area contributed by atoms with Crippen molar-refractivity contribution in [2.75, 3.05) is 11.5 Å². The van der Waals surface area contributed by atoms with Crippen LogP contribution >= 0.6 is 11.8 Å². The van der Waals surface area contributed by atoms with Crippen LogP contribution in [0.5, 0.6) is 0 Å². The molecule has 0 saturated carbocycles. The number of thioether (sulfide) groups is 1. The van der Waals surface area contributed by atoms with Crippen LogP contribution in [0.15, 0.2) is 0 Å². The molecule has 0 unspecified atom stereocenters. The van der Waals surface area contributed by atoms with Crippen LogP contribution in [0.4, 0.5) is 0 Å². The molecular formula is C10H20OS. The predicted molar refractivity (Wildman–Crippen MR) is 56.6 cm³/mol. The maximum absolute atomic E-state index is 11.2. The molecule has 0 bridgehead atoms. The molecule has 0 amide bonds. The van der Waals surface area contributed by atoms with Gasteiger partial charge in [-0.25, -0.2) is 0 Å². The van der Waals surface area contributed by atoms with E-state index in [-0.39, 0.29) is 5.92 Å². The summed E-state index contributed by atoms with van der Waals surface area (Å²) in [5.74, 6) is 3.51. The number of Topliss-reactive ketones (excluding diaryl/α,β-unsaturated/α-hetero) is 1. The van der Waals surface area contributed by atoms with Crippen LogP contribution < -0.4 is 0 Å². The van der Waals surface area contributed by atoms with Gasteiger partial charge in [0, 0.05) is 18.1 Å². The summed E-state index contributed by atoms with van der Waals surface area (Å²) in [5, 5.41) is 0. The van der Waals surface area contributed by atoms with E-state index in [1.807, 2.05) is 25.6 Å². The maximum Gasteiger partial charge on any atom is 0.136 e. The summed E-state index contributed by atoms with van der Waals surface area (Å²) in [6.45, 7) is 8.35. The highest BCUT2D eigenvalue weighted by molar-refractivity contribution is 7.99. The summed E-state index contributed by atoms with van der Waals surface area (Å²) in [7, 11) is 0. The standard InChI is InChI=1S/C10H20OS/c1-8(2)7-12-6-5-10(11)9(3)4/h8-9H,5-7H2,1-4H3. The number of hydrogen-bond donors (Lipinski definition) is 0. The minimum Gasteiger partial charge on any atom is -0.299 e. The number of rotatable bonds is 6. The molecule has 0 aliphatic heterocycles. The van der Waals surface area contributed by atoms with Crippen molar-refractivity contribution in [3.63, 3.8) is 0 Å². The Labute approximate surface area is 80.3 Å². The van der Waals surface area contributed by atoms with Crippen LogP contribution in [0.2, 0.25) is 0 Å². The van der Waals surface area contributed by atoms with Crippen molar-refractivity contribution in [3.05, 3.63) is 0 Å². The van der Waals surface area contributed by atoms with Gasteiger partial charge in [0.25, 0.3) is 0 Å². The first-order chi connectivity index (χ1) is 5.54. The van der Waals surface area contributed by atoms with Crippen molar-refractivity contribution in [3.8, 4) is 0 Å². The van der Waals surface area contributed by atoms with Crippen molar-refractivity contribution in [2.45, 2.75) is 34.1 Å².